The van der Waals surface area contributed by atoms with Crippen molar-refractivity contribution < 1.29 is 27.0 Å². The molecule has 0 fully saturated rings. The summed E-state index contributed by atoms with van der Waals surface area (Å²) in [7, 11) is 1.27. The fourth-order valence-corrected chi connectivity index (χ4v) is 1.71. The van der Waals surface area contributed by atoms with Gasteiger partial charge in [0.05, 0.1) is 18.4 Å². The lowest BCUT2D eigenvalue weighted by Crippen LogP contribution is -2.05. The van der Waals surface area contributed by atoms with Gasteiger partial charge in [-0.15, -0.1) is 0 Å². The van der Waals surface area contributed by atoms with Gasteiger partial charge in [-0.1, -0.05) is 0 Å². The highest BCUT2D eigenvalue weighted by atomic mass is 19.2. The lowest BCUT2D eigenvalue weighted by atomic mass is 10.2. The number of benzene rings is 2. The smallest absolute Gasteiger partial charge is 0.169 e. The van der Waals surface area contributed by atoms with E-state index in [1.807, 2.05) is 0 Å². The molecule has 0 atom stereocenters. The minimum atomic E-state index is -1.16. The molecule has 0 amide bonds. The molecule has 2 rings (SSSR count). The lowest BCUT2D eigenvalue weighted by molar-refractivity contribution is 0.273. The molecule has 2 aromatic rings. The SMILES string of the molecule is COc1ccc(F)c(F)c1COc1cc(N)c(F)cc1F. The molecule has 0 unspecified atom stereocenters. The van der Waals surface area contributed by atoms with Gasteiger partial charge in [-0.3, -0.25) is 0 Å². The molecule has 7 heteroatoms. The van der Waals surface area contributed by atoms with Crippen LogP contribution in [0.15, 0.2) is 24.3 Å². The summed E-state index contributed by atoms with van der Waals surface area (Å²) < 4.78 is 63.3. The molecule has 0 aliphatic rings. The van der Waals surface area contributed by atoms with Crippen LogP contribution in [-0.4, -0.2) is 7.11 Å². The van der Waals surface area contributed by atoms with Gasteiger partial charge in [0.25, 0.3) is 0 Å². The van der Waals surface area contributed by atoms with Gasteiger partial charge in [0.15, 0.2) is 23.2 Å². The maximum absolute atomic E-state index is 13.7. The zero-order valence-corrected chi connectivity index (χ0v) is 10.9. The summed E-state index contributed by atoms with van der Waals surface area (Å²) in [5.74, 6) is -4.52. The lowest BCUT2D eigenvalue weighted by Gasteiger charge is -2.12. The van der Waals surface area contributed by atoms with E-state index in [9.17, 15) is 17.6 Å². The van der Waals surface area contributed by atoms with E-state index in [1.54, 1.807) is 0 Å². The van der Waals surface area contributed by atoms with Gasteiger partial charge in [-0.25, -0.2) is 17.6 Å². The number of ether oxygens (including phenoxy) is 2. The molecule has 0 spiro atoms. The minimum absolute atomic E-state index is 0.0457. The number of nitrogens with two attached hydrogens (primary N) is 1. The fourth-order valence-electron chi connectivity index (χ4n) is 1.71. The Morgan fingerprint density at radius 2 is 1.67 bits per heavy atom. The van der Waals surface area contributed by atoms with Gasteiger partial charge in [0, 0.05) is 12.1 Å². The Morgan fingerprint density at radius 1 is 0.952 bits per heavy atom. The third kappa shape index (κ3) is 3.01. The summed E-state index contributed by atoms with van der Waals surface area (Å²) >= 11 is 0. The van der Waals surface area contributed by atoms with Crippen molar-refractivity contribution in [2.24, 2.45) is 0 Å². The molecule has 21 heavy (non-hydrogen) atoms. The first-order chi connectivity index (χ1) is 9.93. The number of rotatable bonds is 4. The highest BCUT2D eigenvalue weighted by molar-refractivity contribution is 5.46. The van der Waals surface area contributed by atoms with E-state index in [1.165, 1.54) is 13.2 Å². The van der Waals surface area contributed by atoms with E-state index in [0.717, 1.165) is 12.1 Å². The molecule has 0 radical (unpaired) electrons. The van der Waals surface area contributed by atoms with Crippen molar-refractivity contribution in [2.75, 3.05) is 12.8 Å². The normalized spacial score (nSPS) is 10.5. The van der Waals surface area contributed by atoms with Crippen LogP contribution in [0.5, 0.6) is 11.5 Å². The van der Waals surface area contributed by atoms with Crippen molar-refractivity contribution in [1.29, 1.82) is 0 Å². The van der Waals surface area contributed by atoms with E-state index in [-0.39, 0.29) is 22.7 Å². The number of halogens is 4. The Bertz CT molecular complexity index is 677. The molecule has 0 heterocycles. The summed E-state index contributed by atoms with van der Waals surface area (Å²) in [6, 6.07) is 3.58. The average Bonchev–Trinajstić information content (AvgIpc) is 2.45. The van der Waals surface area contributed by atoms with Crippen LogP contribution >= 0.6 is 0 Å². The molecule has 3 nitrogen and oxygen atoms in total. The monoisotopic (exact) mass is 301 g/mol. The molecule has 0 aliphatic carbocycles. The van der Waals surface area contributed by atoms with Gasteiger partial charge in [-0.05, 0) is 12.1 Å². The summed E-state index contributed by atoms with van der Waals surface area (Å²) in [4.78, 5) is 0. The topological polar surface area (TPSA) is 44.5 Å². The second-order valence-electron chi connectivity index (χ2n) is 4.13. The van der Waals surface area contributed by atoms with Crippen LogP contribution in [0.2, 0.25) is 0 Å². The van der Waals surface area contributed by atoms with E-state index in [0.29, 0.717) is 6.07 Å². The van der Waals surface area contributed by atoms with Crippen molar-refractivity contribution in [3.63, 3.8) is 0 Å². The Morgan fingerprint density at radius 3 is 2.33 bits per heavy atom. The van der Waals surface area contributed by atoms with Crippen LogP contribution in [0.3, 0.4) is 0 Å². The van der Waals surface area contributed by atoms with Crippen molar-refractivity contribution in [2.45, 2.75) is 6.61 Å². The van der Waals surface area contributed by atoms with Gasteiger partial charge < -0.3 is 15.2 Å². The van der Waals surface area contributed by atoms with Crippen LogP contribution in [0, 0.1) is 23.3 Å². The molecule has 0 bridgehead atoms. The zero-order valence-electron chi connectivity index (χ0n) is 10.9. The molecule has 112 valence electrons. The second kappa shape index (κ2) is 5.90. The fraction of sp³-hybridized carbons (Fsp3) is 0.143. The number of hydrogen-bond donors (Lipinski definition) is 1. The number of hydrogen-bond acceptors (Lipinski definition) is 3. The Kier molecular flexibility index (Phi) is 4.21. The molecule has 2 aromatic carbocycles. The first-order valence-corrected chi connectivity index (χ1v) is 5.82. The van der Waals surface area contributed by atoms with E-state index < -0.39 is 29.9 Å². The highest BCUT2D eigenvalue weighted by Crippen LogP contribution is 2.28. The van der Waals surface area contributed by atoms with Gasteiger partial charge in [-0.2, -0.15) is 0 Å². The predicted molar refractivity (Wildman–Crippen MR) is 68.0 cm³/mol. The number of methoxy groups -OCH3 is 1. The summed E-state index contributed by atoms with van der Waals surface area (Å²) in [6.07, 6.45) is 0. The van der Waals surface area contributed by atoms with Crippen LogP contribution in [0.4, 0.5) is 23.2 Å². The minimum Gasteiger partial charge on any atom is -0.496 e. The first-order valence-electron chi connectivity index (χ1n) is 5.82. The van der Waals surface area contributed by atoms with Crippen LogP contribution in [-0.2, 0) is 6.61 Å². The molecule has 2 N–H and O–H groups in total. The molecular weight excluding hydrogens is 290 g/mol. The van der Waals surface area contributed by atoms with Gasteiger partial charge in [0.2, 0.25) is 0 Å². The van der Waals surface area contributed by atoms with Crippen molar-refractivity contribution >= 4 is 5.69 Å². The third-order valence-corrected chi connectivity index (χ3v) is 2.80. The van der Waals surface area contributed by atoms with Crippen LogP contribution in [0.1, 0.15) is 5.56 Å². The Labute approximate surface area is 117 Å². The van der Waals surface area contributed by atoms with Crippen molar-refractivity contribution in [1.82, 2.24) is 0 Å². The molecule has 0 saturated carbocycles. The second-order valence-corrected chi connectivity index (χ2v) is 4.13. The molecular formula is C14H11F4NO2. The van der Waals surface area contributed by atoms with Gasteiger partial charge in [0.1, 0.15) is 18.2 Å². The van der Waals surface area contributed by atoms with E-state index in [4.69, 9.17) is 15.2 Å². The van der Waals surface area contributed by atoms with Crippen LogP contribution in [0.25, 0.3) is 0 Å². The standard InChI is InChI=1S/C14H11F4NO2/c1-20-12-3-2-8(15)14(18)7(12)6-21-13-5-11(19)9(16)4-10(13)17/h2-5H,6,19H2,1H3. The highest BCUT2D eigenvalue weighted by Gasteiger charge is 2.16. The number of anilines is 1. The predicted octanol–water partition coefficient (Wildman–Crippen LogP) is 3.41. The Hall–Kier alpha value is -2.44. The summed E-state index contributed by atoms with van der Waals surface area (Å²) in [6.45, 7) is -0.505. The maximum Gasteiger partial charge on any atom is 0.169 e. The zero-order chi connectivity index (χ0) is 15.6. The largest absolute Gasteiger partial charge is 0.496 e. The maximum atomic E-state index is 13.7. The van der Waals surface area contributed by atoms with Gasteiger partial charge >= 0.3 is 0 Å². The molecule has 0 saturated heterocycles. The number of nitrogen functional groups attached to an aromatic ring is 1. The average molecular weight is 301 g/mol. The summed E-state index contributed by atoms with van der Waals surface area (Å²) in [5.41, 5.74) is 4.74. The van der Waals surface area contributed by atoms with Crippen molar-refractivity contribution in [3.05, 3.63) is 53.1 Å². The quantitative estimate of drug-likeness (QED) is 0.695. The first kappa shape index (κ1) is 15.0. The van der Waals surface area contributed by atoms with Crippen molar-refractivity contribution in [3.8, 4) is 11.5 Å². The van der Waals surface area contributed by atoms with Crippen LogP contribution < -0.4 is 15.2 Å². The Balaban J connectivity index is 2.28. The molecule has 0 aromatic heterocycles. The third-order valence-electron chi connectivity index (χ3n) is 2.80. The van der Waals surface area contributed by atoms with E-state index in [2.05, 4.69) is 0 Å². The molecule has 0 aliphatic heterocycles. The van der Waals surface area contributed by atoms with E-state index >= 15 is 0 Å². The summed E-state index contributed by atoms with van der Waals surface area (Å²) in [5, 5.41) is 0.